The van der Waals surface area contributed by atoms with Gasteiger partial charge in [-0.25, -0.2) is 0 Å². The highest BCUT2D eigenvalue weighted by atomic mass is 16.5. The van der Waals surface area contributed by atoms with Gasteiger partial charge in [-0.2, -0.15) is 0 Å². The molecule has 1 aromatic carbocycles. The van der Waals surface area contributed by atoms with Crippen LogP contribution in [0.1, 0.15) is 38.2 Å². The lowest BCUT2D eigenvalue weighted by Gasteiger charge is -2.14. The van der Waals surface area contributed by atoms with Crippen LogP contribution in [-0.4, -0.2) is 20.3 Å². The van der Waals surface area contributed by atoms with Crippen molar-refractivity contribution in [2.24, 2.45) is 0 Å². The second-order valence-electron chi connectivity index (χ2n) is 4.37. The molecule has 0 aliphatic heterocycles. The van der Waals surface area contributed by atoms with Crippen molar-refractivity contribution >= 4 is 5.69 Å². The second kappa shape index (κ2) is 7.29. The maximum absolute atomic E-state index is 5.03. The van der Waals surface area contributed by atoms with Crippen molar-refractivity contribution in [3.63, 3.8) is 0 Å². The quantitative estimate of drug-likeness (QED) is 0.710. The SMILES string of the molecule is COCCCCNc1ccccc1C(C)C. The highest BCUT2D eigenvalue weighted by Gasteiger charge is 2.04. The first kappa shape index (κ1) is 13.0. The summed E-state index contributed by atoms with van der Waals surface area (Å²) in [5.74, 6) is 0.572. The molecule has 1 N–H and O–H groups in total. The zero-order valence-corrected chi connectivity index (χ0v) is 10.6. The Balaban J connectivity index is 2.41. The lowest BCUT2D eigenvalue weighted by atomic mass is 10.0. The van der Waals surface area contributed by atoms with Gasteiger partial charge in [0.05, 0.1) is 0 Å². The molecule has 0 spiro atoms. The Morgan fingerprint density at radius 2 is 1.94 bits per heavy atom. The maximum Gasteiger partial charge on any atom is 0.0462 e. The van der Waals surface area contributed by atoms with Crippen LogP contribution in [0.15, 0.2) is 24.3 Å². The molecule has 0 saturated heterocycles. The number of benzene rings is 1. The summed E-state index contributed by atoms with van der Waals surface area (Å²) in [7, 11) is 1.75. The summed E-state index contributed by atoms with van der Waals surface area (Å²) >= 11 is 0. The number of hydrogen-bond acceptors (Lipinski definition) is 2. The van der Waals surface area contributed by atoms with Crippen molar-refractivity contribution in [2.75, 3.05) is 25.6 Å². The van der Waals surface area contributed by atoms with E-state index in [0.29, 0.717) is 5.92 Å². The average Bonchev–Trinajstić information content (AvgIpc) is 2.29. The van der Waals surface area contributed by atoms with Crippen LogP contribution in [0.4, 0.5) is 5.69 Å². The number of ether oxygens (including phenoxy) is 1. The van der Waals surface area contributed by atoms with Crippen LogP contribution in [0.25, 0.3) is 0 Å². The third-order valence-electron chi connectivity index (χ3n) is 2.67. The molecule has 0 unspecified atom stereocenters. The molecule has 90 valence electrons. The fraction of sp³-hybridized carbons (Fsp3) is 0.571. The third kappa shape index (κ3) is 4.23. The molecule has 1 rings (SSSR count). The van der Waals surface area contributed by atoms with Gasteiger partial charge in [0.1, 0.15) is 0 Å². The highest BCUT2D eigenvalue weighted by Crippen LogP contribution is 2.23. The third-order valence-corrected chi connectivity index (χ3v) is 2.67. The summed E-state index contributed by atoms with van der Waals surface area (Å²) in [5, 5.41) is 3.50. The van der Waals surface area contributed by atoms with Crippen LogP contribution in [0, 0.1) is 0 Å². The minimum Gasteiger partial charge on any atom is -0.385 e. The van der Waals surface area contributed by atoms with E-state index in [9.17, 15) is 0 Å². The molecule has 0 bridgehead atoms. The second-order valence-corrected chi connectivity index (χ2v) is 4.37. The van der Waals surface area contributed by atoms with Gasteiger partial charge in [0.25, 0.3) is 0 Å². The van der Waals surface area contributed by atoms with Gasteiger partial charge in [0.2, 0.25) is 0 Å². The Hall–Kier alpha value is -1.02. The first-order valence-corrected chi connectivity index (χ1v) is 6.07. The molecule has 2 heteroatoms. The molecule has 16 heavy (non-hydrogen) atoms. The summed E-state index contributed by atoms with van der Waals surface area (Å²) < 4.78 is 5.03. The summed E-state index contributed by atoms with van der Waals surface area (Å²) in [4.78, 5) is 0. The van der Waals surface area contributed by atoms with Crippen LogP contribution >= 0.6 is 0 Å². The summed E-state index contributed by atoms with van der Waals surface area (Å²) in [6.45, 7) is 6.33. The van der Waals surface area contributed by atoms with Crippen LogP contribution < -0.4 is 5.32 Å². The lowest BCUT2D eigenvalue weighted by molar-refractivity contribution is 0.194. The first-order chi connectivity index (χ1) is 7.75. The topological polar surface area (TPSA) is 21.3 Å². The molecule has 0 aliphatic carbocycles. The van der Waals surface area contributed by atoms with Crippen LogP contribution in [-0.2, 0) is 4.74 Å². The minimum absolute atomic E-state index is 0.572. The molecule has 0 aromatic heterocycles. The van der Waals surface area contributed by atoms with Crippen molar-refractivity contribution < 1.29 is 4.74 Å². The van der Waals surface area contributed by atoms with E-state index in [1.54, 1.807) is 7.11 Å². The summed E-state index contributed by atoms with van der Waals surface area (Å²) in [6.07, 6.45) is 2.27. The highest BCUT2D eigenvalue weighted by molar-refractivity contribution is 5.52. The predicted octanol–water partition coefficient (Wildman–Crippen LogP) is 3.65. The summed E-state index contributed by atoms with van der Waals surface area (Å²) in [6, 6.07) is 8.54. The Labute approximate surface area is 99.0 Å². The number of nitrogens with one attached hydrogen (secondary N) is 1. The van der Waals surface area contributed by atoms with E-state index in [1.807, 2.05) is 0 Å². The van der Waals surface area contributed by atoms with E-state index < -0.39 is 0 Å². The normalized spacial score (nSPS) is 10.8. The number of rotatable bonds is 7. The number of anilines is 1. The molecular weight excluding hydrogens is 198 g/mol. The van der Waals surface area contributed by atoms with E-state index in [4.69, 9.17) is 4.74 Å². The standard InChI is InChI=1S/C14H23NO/c1-12(2)13-8-4-5-9-14(13)15-10-6-7-11-16-3/h4-5,8-9,12,15H,6-7,10-11H2,1-3H3. The van der Waals surface area contributed by atoms with E-state index in [-0.39, 0.29) is 0 Å². The largest absolute Gasteiger partial charge is 0.385 e. The number of unbranched alkanes of at least 4 members (excludes halogenated alkanes) is 1. The van der Waals surface area contributed by atoms with Crippen molar-refractivity contribution in [3.05, 3.63) is 29.8 Å². The Kier molecular flexibility index (Phi) is 5.94. The monoisotopic (exact) mass is 221 g/mol. The molecule has 0 saturated carbocycles. The van der Waals surface area contributed by atoms with Gasteiger partial charge in [-0.15, -0.1) is 0 Å². The van der Waals surface area contributed by atoms with E-state index in [1.165, 1.54) is 11.3 Å². The number of methoxy groups -OCH3 is 1. The van der Waals surface area contributed by atoms with Crippen LogP contribution in [0.5, 0.6) is 0 Å². The first-order valence-electron chi connectivity index (χ1n) is 6.07. The number of hydrogen-bond donors (Lipinski definition) is 1. The van der Waals surface area contributed by atoms with E-state index in [0.717, 1.165) is 26.0 Å². The van der Waals surface area contributed by atoms with Gasteiger partial charge in [-0.3, -0.25) is 0 Å². The molecular formula is C14H23NO. The molecule has 0 atom stereocenters. The zero-order valence-electron chi connectivity index (χ0n) is 10.6. The Morgan fingerprint density at radius 1 is 1.19 bits per heavy atom. The van der Waals surface area contributed by atoms with Gasteiger partial charge < -0.3 is 10.1 Å². The lowest BCUT2D eigenvalue weighted by Crippen LogP contribution is -2.05. The van der Waals surface area contributed by atoms with Crippen molar-refractivity contribution in [1.29, 1.82) is 0 Å². The van der Waals surface area contributed by atoms with E-state index in [2.05, 4.69) is 43.4 Å². The number of para-hydroxylation sites is 1. The Bertz CT molecular complexity index is 297. The van der Waals surface area contributed by atoms with E-state index >= 15 is 0 Å². The van der Waals surface area contributed by atoms with Gasteiger partial charge in [0, 0.05) is 25.9 Å². The molecule has 0 heterocycles. The van der Waals surface area contributed by atoms with Gasteiger partial charge in [0.15, 0.2) is 0 Å². The van der Waals surface area contributed by atoms with Crippen molar-refractivity contribution in [1.82, 2.24) is 0 Å². The molecule has 2 nitrogen and oxygen atoms in total. The predicted molar refractivity (Wildman–Crippen MR) is 70.1 cm³/mol. The average molecular weight is 221 g/mol. The molecule has 1 aromatic rings. The fourth-order valence-corrected chi connectivity index (χ4v) is 1.76. The molecule has 0 amide bonds. The Morgan fingerprint density at radius 3 is 2.62 bits per heavy atom. The molecule has 0 fully saturated rings. The molecule has 0 aliphatic rings. The van der Waals surface area contributed by atoms with Gasteiger partial charge in [-0.1, -0.05) is 32.0 Å². The van der Waals surface area contributed by atoms with Crippen LogP contribution in [0.3, 0.4) is 0 Å². The zero-order chi connectivity index (χ0) is 11.8. The smallest absolute Gasteiger partial charge is 0.0462 e. The van der Waals surface area contributed by atoms with Crippen molar-refractivity contribution in [2.45, 2.75) is 32.6 Å². The van der Waals surface area contributed by atoms with Gasteiger partial charge >= 0.3 is 0 Å². The fourth-order valence-electron chi connectivity index (χ4n) is 1.76. The summed E-state index contributed by atoms with van der Waals surface area (Å²) in [5.41, 5.74) is 2.67. The molecule has 0 radical (unpaired) electrons. The maximum atomic E-state index is 5.03. The van der Waals surface area contributed by atoms with Crippen LogP contribution in [0.2, 0.25) is 0 Å². The van der Waals surface area contributed by atoms with Crippen molar-refractivity contribution in [3.8, 4) is 0 Å². The minimum atomic E-state index is 0.572. The van der Waals surface area contributed by atoms with Gasteiger partial charge in [-0.05, 0) is 30.4 Å².